The fourth-order valence-electron chi connectivity index (χ4n) is 1.63. The van der Waals surface area contributed by atoms with Crippen molar-refractivity contribution in [3.8, 4) is 11.4 Å². The second-order valence-corrected chi connectivity index (χ2v) is 3.95. The molecule has 0 atom stereocenters. The molecule has 1 N–H and O–H groups in total. The number of carbonyl (C=O) groups is 1. The molecule has 0 aliphatic rings. The number of hydrogen-bond acceptors (Lipinski definition) is 3. The van der Waals surface area contributed by atoms with Crippen LogP contribution in [-0.2, 0) is 10.9 Å². The quantitative estimate of drug-likeness (QED) is 0.685. The molecule has 1 heterocycles. The van der Waals surface area contributed by atoms with E-state index in [0.29, 0.717) is 18.3 Å². The first-order valence-corrected chi connectivity index (χ1v) is 5.44. The zero-order valence-corrected chi connectivity index (χ0v) is 10.4. The predicted octanol–water partition coefficient (Wildman–Crippen LogP) is 3.16. The van der Waals surface area contributed by atoms with Gasteiger partial charge in [0.1, 0.15) is 23.2 Å². The first-order chi connectivity index (χ1) is 9.74. The zero-order valence-electron chi connectivity index (χ0n) is 10.4. The number of rotatable bonds is 2. The molecule has 0 radical (unpaired) electrons. The number of methoxy groups -OCH3 is 1. The Morgan fingerprint density at radius 1 is 1.24 bits per heavy atom. The number of esters is 1. The Balaban J connectivity index is 2.50. The van der Waals surface area contributed by atoms with E-state index in [1.165, 1.54) is 0 Å². The van der Waals surface area contributed by atoms with Gasteiger partial charge in [-0.1, -0.05) is 0 Å². The van der Waals surface area contributed by atoms with Crippen molar-refractivity contribution in [2.45, 2.75) is 6.18 Å². The number of carbonyl (C=O) groups excluding carboxylic acids is 1. The lowest BCUT2D eigenvalue weighted by Gasteiger charge is -2.06. The standard InChI is InChI=1S/C12H7F5N2O2/c1-21-11(20)5-2-6(13)9(7(14)3-5)10-18-4-8(19-10)12(15,16)17/h2-4H,1H3,(H,18,19). The Kier molecular flexibility index (Phi) is 3.67. The van der Waals surface area contributed by atoms with E-state index < -0.39 is 46.4 Å². The van der Waals surface area contributed by atoms with Gasteiger partial charge < -0.3 is 9.72 Å². The van der Waals surface area contributed by atoms with Gasteiger partial charge in [0.25, 0.3) is 0 Å². The maximum absolute atomic E-state index is 13.8. The summed E-state index contributed by atoms with van der Waals surface area (Å²) >= 11 is 0. The third kappa shape index (κ3) is 2.86. The van der Waals surface area contributed by atoms with Crippen LogP contribution in [-0.4, -0.2) is 23.0 Å². The van der Waals surface area contributed by atoms with Crippen LogP contribution in [0.25, 0.3) is 11.4 Å². The highest BCUT2D eigenvalue weighted by Gasteiger charge is 2.33. The van der Waals surface area contributed by atoms with E-state index in [1.54, 1.807) is 4.98 Å². The summed E-state index contributed by atoms with van der Waals surface area (Å²) < 4.78 is 69.2. The molecular formula is C12H7F5N2O2. The molecule has 0 unspecified atom stereocenters. The lowest BCUT2D eigenvalue weighted by Crippen LogP contribution is -2.06. The average Bonchev–Trinajstić information content (AvgIpc) is 2.86. The summed E-state index contributed by atoms with van der Waals surface area (Å²) in [4.78, 5) is 16.3. The molecule has 0 saturated heterocycles. The SMILES string of the molecule is COC(=O)c1cc(F)c(-c2ncc(C(F)(F)F)[nH]2)c(F)c1. The summed E-state index contributed by atoms with van der Waals surface area (Å²) in [6, 6.07) is 1.31. The van der Waals surface area contributed by atoms with E-state index >= 15 is 0 Å². The van der Waals surface area contributed by atoms with Crippen LogP contribution in [0.4, 0.5) is 22.0 Å². The molecule has 0 saturated carbocycles. The number of ether oxygens (including phenoxy) is 1. The minimum absolute atomic E-state index is 0.404. The third-order valence-electron chi connectivity index (χ3n) is 2.58. The van der Waals surface area contributed by atoms with Crippen molar-refractivity contribution in [1.82, 2.24) is 9.97 Å². The van der Waals surface area contributed by atoms with Gasteiger partial charge in [0.15, 0.2) is 0 Å². The number of aromatic nitrogens is 2. The second-order valence-electron chi connectivity index (χ2n) is 3.95. The van der Waals surface area contributed by atoms with Crippen molar-refractivity contribution in [3.05, 3.63) is 41.2 Å². The summed E-state index contributed by atoms with van der Waals surface area (Å²) in [5.41, 5.74) is -2.44. The van der Waals surface area contributed by atoms with Crippen molar-refractivity contribution in [3.63, 3.8) is 0 Å². The first-order valence-electron chi connectivity index (χ1n) is 5.44. The van der Waals surface area contributed by atoms with Gasteiger partial charge in [-0.25, -0.2) is 18.6 Å². The van der Waals surface area contributed by atoms with Crippen LogP contribution in [0.1, 0.15) is 16.1 Å². The normalized spacial score (nSPS) is 11.5. The van der Waals surface area contributed by atoms with Crippen LogP contribution in [0.5, 0.6) is 0 Å². The number of nitrogens with zero attached hydrogens (tertiary/aromatic N) is 1. The number of hydrogen-bond donors (Lipinski definition) is 1. The predicted molar refractivity (Wildman–Crippen MR) is 60.3 cm³/mol. The zero-order chi connectivity index (χ0) is 15.8. The van der Waals surface area contributed by atoms with Crippen LogP contribution >= 0.6 is 0 Å². The second kappa shape index (κ2) is 5.15. The van der Waals surface area contributed by atoms with E-state index in [2.05, 4.69) is 9.72 Å². The summed E-state index contributed by atoms with van der Waals surface area (Å²) in [7, 11) is 1.02. The molecule has 2 aromatic rings. The smallest absolute Gasteiger partial charge is 0.432 e. The van der Waals surface area contributed by atoms with Crippen LogP contribution in [0.2, 0.25) is 0 Å². The Labute approximate surface area is 114 Å². The lowest BCUT2D eigenvalue weighted by atomic mass is 10.1. The van der Waals surface area contributed by atoms with Gasteiger partial charge in [0.05, 0.1) is 24.4 Å². The Bertz CT molecular complexity index is 670. The largest absolute Gasteiger partial charge is 0.465 e. The van der Waals surface area contributed by atoms with E-state index in [4.69, 9.17) is 0 Å². The molecular weight excluding hydrogens is 299 g/mol. The molecule has 1 aromatic carbocycles. The number of halogens is 5. The number of nitrogens with one attached hydrogen (secondary N) is 1. The molecule has 9 heteroatoms. The topological polar surface area (TPSA) is 55.0 Å². The van der Waals surface area contributed by atoms with Crippen molar-refractivity contribution in [2.75, 3.05) is 7.11 Å². The maximum Gasteiger partial charge on any atom is 0.432 e. The van der Waals surface area contributed by atoms with Crippen molar-refractivity contribution < 1.29 is 31.5 Å². The van der Waals surface area contributed by atoms with Crippen molar-refractivity contribution in [2.24, 2.45) is 0 Å². The molecule has 1 aromatic heterocycles. The summed E-state index contributed by atoms with van der Waals surface area (Å²) in [6.45, 7) is 0. The lowest BCUT2D eigenvalue weighted by molar-refractivity contribution is -0.140. The molecule has 0 amide bonds. The molecule has 112 valence electrons. The fraction of sp³-hybridized carbons (Fsp3) is 0.167. The number of alkyl halides is 3. The van der Waals surface area contributed by atoms with Gasteiger partial charge >= 0.3 is 12.1 Å². The first kappa shape index (κ1) is 14.9. The summed E-state index contributed by atoms with van der Waals surface area (Å²) in [6.07, 6.45) is -4.30. The highest BCUT2D eigenvalue weighted by atomic mass is 19.4. The summed E-state index contributed by atoms with van der Waals surface area (Å²) in [5.74, 6) is -4.08. The van der Waals surface area contributed by atoms with Gasteiger partial charge in [-0.15, -0.1) is 0 Å². The minimum Gasteiger partial charge on any atom is -0.465 e. The Hall–Kier alpha value is -2.45. The van der Waals surface area contributed by atoms with Crippen molar-refractivity contribution in [1.29, 1.82) is 0 Å². The molecule has 0 aliphatic carbocycles. The highest BCUT2D eigenvalue weighted by Crippen LogP contribution is 2.31. The van der Waals surface area contributed by atoms with Crippen LogP contribution in [0.15, 0.2) is 18.3 Å². The van der Waals surface area contributed by atoms with Crippen LogP contribution in [0.3, 0.4) is 0 Å². The Morgan fingerprint density at radius 3 is 2.24 bits per heavy atom. The molecule has 0 fully saturated rings. The van der Waals surface area contributed by atoms with E-state index in [0.717, 1.165) is 7.11 Å². The molecule has 2 rings (SSSR count). The third-order valence-corrected chi connectivity index (χ3v) is 2.58. The monoisotopic (exact) mass is 306 g/mol. The number of H-pyrrole nitrogens is 1. The fourth-order valence-corrected chi connectivity index (χ4v) is 1.63. The summed E-state index contributed by atoms with van der Waals surface area (Å²) in [5, 5.41) is 0. The number of aromatic amines is 1. The van der Waals surface area contributed by atoms with E-state index in [1.807, 2.05) is 0 Å². The minimum atomic E-state index is -4.72. The average molecular weight is 306 g/mol. The van der Waals surface area contributed by atoms with E-state index in [-0.39, 0.29) is 0 Å². The molecule has 0 bridgehead atoms. The van der Waals surface area contributed by atoms with Gasteiger partial charge in [0.2, 0.25) is 0 Å². The highest BCUT2D eigenvalue weighted by molar-refractivity contribution is 5.90. The molecule has 21 heavy (non-hydrogen) atoms. The van der Waals surface area contributed by atoms with Crippen LogP contribution < -0.4 is 0 Å². The molecule has 0 spiro atoms. The molecule has 4 nitrogen and oxygen atoms in total. The van der Waals surface area contributed by atoms with E-state index in [9.17, 15) is 26.7 Å². The number of imidazole rings is 1. The van der Waals surface area contributed by atoms with Gasteiger partial charge in [-0.2, -0.15) is 13.2 Å². The maximum atomic E-state index is 13.8. The van der Waals surface area contributed by atoms with Crippen LogP contribution in [0, 0.1) is 11.6 Å². The van der Waals surface area contributed by atoms with Gasteiger partial charge in [-0.05, 0) is 12.1 Å². The molecule has 0 aliphatic heterocycles. The Morgan fingerprint density at radius 2 is 1.81 bits per heavy atom. The van der Waals surface area contributed by atoms with Crippen molar-refractivity contribution >= 4 is 5.97 Å². The van der Waals surface area contributed by atoms with Gasteiger partial charge in [-0.3, -0.25) is 0 Å². The number of benzene rings is 1. The van der Waals surface area contributed by atoms with Gasteiger partial charge in [0, 0.05) is 0 Å².